The summed E-state index contributed by atoms with van der Waals surface area (Å²) in [6, 6.07) is 27.9. The summed E-state index contributed by atoms with van der Waals surface area (Å²) in [7, 11) is 0. The highest BCUT2D eigenvalue weighted by atomic mass is 32.2. The van der Waals surface area contributed by atoms with Gasteiger partial charge >= 0.3 is 0 Å². The van der Waals surface area contributed by atoms with Crippen molar-refractivity contribution in [2.75, 3.05) is 16.3 Å². The summed E-state index contributed by atoms with van der Waals surface area (Å²) in [4.78, 5) is 18.3. The minimum absolute atomic E-state index is 0.0117. The number of nitrogens with zero attached hydrogens (tertiary/aromatic N) is 2. The summed E-state index contributed by atoms with van der Waals surface area (Å²) >= 11 is 7.26. The predicted molar refractivity (Wildman–Crippen MR) is 111 cm³/mol. The van der Waals surface area contributed by atoms with Crippen molar-refractivity contribution >= 4 is 46.4 Å². The molecular formula is C21H16N2OS2. The fraction of sp³-hybridized carbons (Fsp3) is 0.0476. The molecule has 0 spiro atoms. The Morgan fingerprint density at radius 1 is 0.731 bits per heavy atom. The normalized spacial score (nSPS) is 14.2. The van der Waals surface area contributed by atoms with Gasteiger partial charge in [-0.25, -0.2) is 0 Å². The van der Waals surface area contributed by atoms with Crippen LogP contribution >= 0.6 is 24.0 Å². The topological polar surface area (TPSA) is 23.6 Å². The smallest absolute Gasteiger partial charge is 0.253 e. The second-order valence-corrected chi connectivity index (χ2v) is 7.35. The number of carbonyl (C=O) groups excluding carboxylic acids is 1. The molecule has 3 aromatic rings. The van der Waals surface area contributed by atoms with Gasteiger partial charge in [0.1, 0.15) is 6.54 Å². The molecule has 0 atom stereocenters. The van der Waals surface area contributed by atoms with Gasteiger partial charge < -0.3 is 4.90 Å². The van der Waals surface area contributed by atoms with Gasteiger partial charge in [0, 0.05) is 15.5 Å². The maximum atomic E-state index is 12.5. The number of thiocarbonyl (C=S) groups is 1. The van der Waals surface area contributed by atoms with Gasteiger partial charge in [0.15, 0.2) is 5.11 Å². The lowest BCUT2D eigenvalue weighted by atomic mass is 10.3. The fourth-order valence-corrected chi connectivity index (χ4v) is 4.07. The van der Waals surface area contributed by atoms with Crippen molar-refractivity contribution < 1.29 is 4.79 Å². The highest BCUT2D eigenvalue weighted by molar-refractivity contribution is 7.99. The van der Waals surface area contributed by atoms with E-state index in [4.69, 9.17) is 12.2 Å². The van der Waals surface area contributed by atoms with Gasteiger partial charge in [-0.05, 0) is 60.7 Å². The first-order valence-corrected chi connectivity index (χ1v) is 9.47. The first-order valence-electron chi connectivity index (χ1n) is 8.25. The Labute approximate surface area is 162 Å². The summed E-state index contributed by atoms with van der Waals surface area (Å²) in [5, 5.41) is 0.518. The van der Waals surface area contributed by atoms with E-state index in [2.05, 4.69) is 12.1 Å². The number of carbonyl (C=O) groups is 1. The van der Waals surface area contributed by atoms with Crippen molar-refractivity contribution in [1.29, 1.82) is 0 Å². The number of hydrogen-bond acceptors (Lipinski definition) is 3. The van der Waals surface area contributed by atoms with E-state index in [1.54, 1.807) is 16.7 Å². The van der Waals surface area contributed by atoms with Gasteiger partial charge in [-0.1, -0.05) is 48.2 Å². The summed E-state index contributed by atoms with van der Waals surface area (Å²) in [6.07, 6.45) is 0. The molecular weight excluding hydrogens is 360 g/mol. The summed E-state index contributed by atoms with van der Waals surface area (Å²) in [6.45, 7) is 0.267. The third kappa shape index (κ3) is 3.36. The van der Waals surface area contributed by atoms with Crippen LogP contribution in [0.3, 0.4) is 0 Å². The molecule has 0 aliphatic carbocycles. The summed E-state index contributed by atoms with van der Waals surface area (Å²) in [5.74, 6) is -0.0117. The third-order valence-corrected chi connectivity index (χ3v) is 5.53. The second kappa shape index (κ2) is 7.32. The molecule has 4 rings (SSSR count). The van der Waals surface area contributed by atoms with Gasteiger partial charge in [-0.2, -0.15) is 0 Å². The Hall–Kier alpha value is -2.63. The average molecular weight is 377 g/mol. The van der Waals surface area contributed by atoms with Crippen LogP contribution in [0.2, 0.25) is 0 Å². The molecule has 1 aliphatic heterocycles. The van der Waals surface area contributed by atoms with E-state index in [1.807, 2.05) is 77.7 Å². The zero-order valence-electron chi connectivity index (χ0n) is 13.9. The van der Waals surface area contributed by atoms with Crippen LogP contribution in [0.5, 0.6) is 0 Å². The molecule has 26 heavy (non-hydrogen) atoms. The van der Waals surface area contributed by atoms with Crippen LogP contribution in [0.15, 0.2) is 94.7 Å². The SMILES string of the molecule is O=C1CN(c2ccccc2)C(=S)N1c1ccc(Sc2ccccc2)cc1. The number of amides is 1. The average Bonchev–Trinajstić information content (AvgIpc) is 2.98. The number of benzene rings is 3. The Kier molecular flexibility index (Phi) is 4.73. The molecule has 3 nitrogen and oxygen atoms in total. The van der Waals surface area contributed by atoms with E-state index in [9.17, 15) is 4.79 Å². The van der Waals surface area contributed by atoms with Gasteiger partial charge in [-0.3, -0.25) is 9.69 Å². The molecule has 5 heteroatoms. The van der Waals surface area contributed by atoms with E-state index >= 15 is 0 Å². The summed E-state index contributed by atoms with van der Waals surface area (Å²) < 4.78 is 0. The zero-order valence-corrected chi connectivity index (χ0v) is 15.5. The molecule has 128 valence electrons. The number of para-hydroxylation sites is 1. The third-order valence-electron chi connectivity index (χ3n) is 4.11. The molecule has 0 bridgehead atoms. The first-order chi connectivity index (χ1) is 12.7. The second-order valence-electron chi connectivity index (χ2n) is 5.84. The van der Waals surface area contributed by atoms with Gasteiger partial charge in [0.25, 0.3) is 5.91 Å². The van der Waals surface area contributed by atoms with Gasteiger partial charge in [0.2, 0.25) is 0 Å². The molecule has 0 saturated carbocycles. The van der Waals surface area contributed by atoms with Crippen molar-refractivity contribution in [3.05, 3.63) is 84.9 Å². The molecule has 1 heterocycles. The van der Waals surface area contributed by atoms with Crippen molar-refractivity contribution in [2.24, 2.45) is 0 Å². The standard InChI is InChI=1S/C21H16N2OS2/c24-20-15-22(16-7-3-1-4-8-16)21(25)23(20)17-11-13-19(14-12-17)26-18-9-5-2-6-10-18/h1-14H,15H2. The minimum Gasteiger partial charge on any atom is -0.309 e. The van der Waals surface area contributed by atoms with Crippen molar-refractivity contribution in [3.63, 3.8) is 0 Å². The van der Waals surface area contributed by atoms with Crippen LogP contribution in [0.1, 0.15) is 0 Å². The molecule has 1 amide bonds. The summed E-state index contributed by atoms with van der Waals surface area (Å²) in [5.41, 5.74) is 1.74. The van der Waals surface area contributed by atoms with Crippen LogP contribution in [-0.4, -0.2) is 17.6 Å². The highest BCUT2D eigenvalue weighted by Gasteiger charge is 2.34. The molecule has 0 N–H and O–H groups in total. The number of rotatable bonds is 4. The Morgan fingerprint density at radius 2 is 1.31 bits per heavy atom. The Balaban J connectivity index is 1.54. The van der Waals surface area contributed by atoms with Crippen molar-refractivity contribution in [3.8, 4) is 0 Å². The largest absolute Gasteiger partial charge is 0.309 e. The minimum atomic E-state index is -0.0117. The highest BCUT2D eigenvalue weighted by Crippen LogP contribution is 2.31. The quantitative estimate of drug-likeness (QED) is 0.600. The monoisotopic (exact) mass is 376 g/mol. The van der Waals surface area contributed by atoms with E-state index in [-0.39, 0.29) is 12.5 Å². The van der Waals surface area contributed by atoms with Crippen LogP contribution in [0.4, 0.5) is 11.4 Å². The molecule has 1 aliphatic rings. The number of hydrogen-bond donors (Lipinski definition) is 0. The van der Waals surface area contributed by atoms with E-state index < -0.39 is 0 Å². The van der Waals surface area contributed by atoms with E-state index in [0.717, 1.165) is 16.3 Å². The Morgan fingerprint density at radius 3 is 1.96 bits per heavy atom. The van der Waals surface area contributed by atoms with Crippen LogP contribution in [0, 0.1) is 0 Å². The maximum Gasteiger partial charge on any atom is 0.253 e. The first kappa shape index (κ1) is 16.8. The number of anilines is 2. The zero-order chi connectivity index (χ0) is 17.9. The lowest BCUT2D eigenvalue weighted by Crippen LogP contribution is -2.32. The lowest BCUT2D eigenvalue weighted by Gasteiger charge is -2.20. The maximum absolute atomic E-state index is 12.5. The van der Waals surface area contributed by atoms with E-state index in [0.29, 0.717) is 5.11 Å². The van der Waals surface area contributed by atoms with Crippen molar-refractivity contribution in [2.45, 2.75) is 9.79 Å². The van der Waals surface area contributed by atoms with Gasteiger partial charge in [0.05, 0.1) is 5.69 Å². The molecule has 1 saturated heterocycles. The molecule has 0 unspecified atom stereocenters. The fourth-order valence-electron chi connectivity index (χ4n) is 2.85. The molecule has 3 aromatic carbocycles. The van der Waals surface area contributed by atoms with Crippen LogP contribution in [-0.2, 0) is 4.79 Å². The molecule has 0 radical (unpaired) electrons. The van der Waals surface area contributed by atoms with Crippen molar-refractivity contribution in [1.82, 2.24) is 0 Å². The van der Waals surface area contributed by atoms with E-state index in [1.165, 1.54) is 4.90 Å². The lowest BCUT2D eigenvalue weighted by molar-refractivity contribution is -0.115. The molecule has 1 fully saturated rings. The van der Waals surface area contributed by atoms with Gasteiger partial charge in [-0.15, -0.1) is 0 Å². The Bertz CT molecular complexity index is 927. The molecule has 0 aromatic heterocycles. The predicted octanol–water partition coefficient (Wildman–Crippen LogP) is 4.98. The van der Waals surface area contributed by atoms with Crippen LogP contribution < -0.4 is 9.80 Å². The van der Waals surface area contributed by atoms with Crippen LogP contribution in [0.25, 0.3) is 0 Å².